The standard InChI is InChI=1S/C23H23FN4O/c1-16-11-13-28(14-12-16)21-15-20(23(29)25-19-9-7-18(24)8-10-19)26-22(27-21)17-5-3-2-4-6-17/h2-10,15-16H,11-14H2,1H3,(H,25,29). The summed E-state index contributed by atoms with van der Waals surface area (Å²) in [7, 11) is 0. The Hall–Kier alpha value is -3.28. The number of hydrogen-bond donors (Lipinski definition) is 1. The van der Waals surface area contributed by atoms with Gasteiger partial charge in [-0.3, -0.25) is 4.79 Å². The van der Waals surface area contributed by atoms with Crippen LogP contribution in [0.4, 0.5) is 15.9 Å². The van der Waals surface area contributed by atoms with Gasteiger partial charge in [0.25, 0.3) is 5.91 Å². The van der Waals surface area contributed by atoms with Crippen LogP contribution in [0.15, 0.2) is 60.7 Å². The van der Waals surface area contributed by atoms with E-state index in [9.17, 15) is 9.18 Å². The van der Waals surface area contributed by atoms with E-state index in [0.717, 1.165) is 37.3 Å². The lowest BCUT2D eigenvalue weighted by atomic mass is 9.99. The summed E-state index contributed by atoms with van der Waals surface area (Å²) < 4.78 is 13.1. The number of piperidine rings is 1. The van der Waals surface area contributed by atoms with Gasteiger partial charge in [0.1, 0.15) is 17.3 Å². The van der Waals surface area contributed by atoms with E-state index in [-0.39, 0.29) is 17.4 Å². The molecule has 0 radical (unpaired) electrons. The largest absolute Gasteiger partial charge is 0.356 e. The van der Waals surface area contributed by atoms with E-state index >= 15 is 0 Å². The first-order chi connectivity index (χ1) is 14.1. The number of carbonyl (C=O) groups excluding carboxylic acids is 1. The van der Waals surface area contributed by atoms with Crippen molar-refractivity contribution >= 4 is 17.4 Å². The van der Waals surface area contributed by atoms with Crippen molar-refractivity contribution in [3.05, 3.63) is 72.2 Å². The average Bonchev–Trinajstić information content (AvgIpc) is 2.76. The van der Waals surface area contributed by atoms with Crippen molar-refractivity contribution in [3.63, 3.8) is 0 Å². The third kappa shape index (κ3) is 4.59. The minimum absolute atomic E-state index is 0.289. The highest BCUT2D eigenvalue weighted by molar-refractivity contribution is 6.03. The molecule has 0 saturated carbocycles. The Labute approximate surface area is 169 Å². The number of amides is 1. The molecule has 1 aliphatic heterocycles. The topological polar surface area (TPSA) is 58.1 Å². The number of rotatable bonds is 4. The molecule has 0 spiro atoms. The van der Waals surface area contributed by atoms with Crippen LogP contribution in [0.25, 0.3) is 11.4 Å². The molecule has 5 nitrogen and oxygen atoms in total. The van der Waals surface area contributed by atoms with Gasteiger partial charge in [-0.05, 0) is 43.0 Å². The van der Waals surface area contributed by atoms with Crippen molar-refractivity contribution in [1.82, 2.24) is 9.97 Å². The first-order valence-corrected chi connectivity index (χ1v) is 9.85. The van der Waals surface area contributed by atoms with Crippen LogP contribution < -0.4 is 10.2 Å². The second-order valence-electron chi connectivity index (χ2n) is 7.43. The van der Waals surface area contributed by atoms with Crippen LogP contribution in [-0.4, -0.2) is 29.0 Å². The van der Waals surface area contributed by atoms with Gasteiger partial charge in [-0.2, -0.15) is 0 Å². The van der Waals surface area contributed by atoms with E-state index in [4.69, 9.17) is 4.98 Å². The van der Waals surface area contributed by atoms with E-state index in [1.54, 1.807) is 6.07 Å². The zero-order chi connectivity index (χ0) is 20.2. The normalized spacial score (nSPS) is 14.6. The molecule has 1 N–H and O–H groups in total. The summed E-state index contributed by atoms with van der Waals surface area (Å²) in [6.45, 7) is 4.07. The molecular weight excluding hydrogens is 367 g/mol. The number of carbonyl (C=O) groups is 1. The van der Waals surface area contributed by atoms with Gasteiger partial charge in [0, 0.05) is 30.4 Å². The summed E-state index contributed by atoms with van der Waals surface area (Å²) in [5, 5.41) is 2.79. The predicted molar refractivity (Wildman–Crippen MR) is 112 cm³/mol. The minimum atomic E-state index is -0.349. The van der Waals surface area contributed by atoms with Crippen molar-refractivity contribution in [2.75, 3.05) is 23.3 Å². The Bertz CT molecular complexity index is 984. The maximum Gasteiger partial charge on any atom is 0.274 e. The molecule has 3 aromatic rings. The van der Waals surface area contributed by atoms with Gasteiger partial charge in [-0.1, -0.05) is 37.3 Å². The van der Waals surface area contributed by atoms with Crippen LogP contribution in [0, 0.1) is 11.7 Å². The highest BCUT2D eigenvalue weighted by Gasteiger charge is 2.20. The number of halogens is 1. The summed E-state index contributed by atoms with van der Waals surface area (Å²) in [4.78, 5) is 24.3. The fourth-order valence-electron chi connectivity index (χ4n) is 3.40. The highest BCUT2D eigenvalue weighted by atomic mass is 19.1. The summed E-state index contributed by atoms with van der Waals surface area (Å²) in [6, 6.07) is 17.1. The third-order valence-corrected chi connectivity index (χ3v) is 5.19. The Kier molecular flexibility index (Phi) is 5.51. The maximum atomic E-state index is 13.1. The zero-order valence-electron chi connectivity index (χ0n) is 16.3. The van der Waals surface area contributed by atoms with E-state index in [0.29, 0.717) is 17.4 Å². The Morgan fingerprint density at radius 2 is 1.72 bits per heavy atom. The average molecular weight is 390 g/mol. The molecular formula is C23H23FN4O. The SMILES string of the molecule is CC1CCN(c2cc(C(=O)Nc3ccc(F)cc3)nc(-c3ccccc3)n2)CC1. The second kappa shape index (κ2) is 8.39. The number of hydrogen-bond acceptors (Lipinski definition) is 4. The van der Waals surface area contributed by atoms with Gasteiger partial charge < -0.3 is 10.2 Å². The minimum Gasteiger partial charge on any atom is -0.356 e. The molecule has 2 heterocycles. The van der Waals surface area contributed by atoms with Crippen LogP contribution in [0.2, 0.25) is 0 Å². The monoisotopic (exact) mass is 390 g/mol. The van der Waals surface area contributed by atoms with Crippen molar-refractivity contribution < 1.29 is 9.18 Å². The van der Waals surface area contributed by atoms with Crippen LogP contribution in [0.3, 0.4) is 0 Å². The molecule has 2 aromatic carbocycles. The fraction of sp³-hybridized carbons (Fsp3) is 0.261. The number of nitrogens with one attached hydrogen (secondary N) is 1. The molecule has 1 amide bonds. The molecule has 29 heavy (non-hydrogen) atoms. The summed E-state index contributed by atoms with van der Waals surface area (Å²) in [6.07, 6.45) is 2.20. The quantitative estimate of drug-likeness (QED) is 0.697. The Balaban J connectivity index is 1.67. The van der Waals surface area contributed by atoms with Crippen LogP contribution in [0.5, 0.6) is 0 Å². The van der Waals surface area contributed by atoms with Crippen molar-refractivity contribution in [2.24, 2.45) is 5.92 Å². The van der Waals surface area contributed by atoms with E-state index < -0.39 is 0 Å². The number of anilines is 2. The highest BCUT2D eigenvalue weighted by Crippen LogP contribution is 2.25. The van der Waals surface area contributed by atoms with Crippen LogP contribution in [0.1, 0.15) is 30.3 Å². The molecule has 6 heteroatoms. The molecule has 4 rings (SSSR count). The Morgan fingerprint density at radius 3 is 2.41 bits per heavy atom. The Morgan fingerprint density at radius 1 is 1.03 bits per heavy atom. The molecule has 148 valence electrons. The lowest BCUT2D eigenvalue weighted by molar-refractivity contribution is 0.102. The van der Waals surface area contributed by atoms with Crippen molar-refractivity contribution in [3.8, 4) is 11.4 Å². The van der Waals surface area contributed by atoms with Crippen LogP contribution in [-0.2, 0) is 0 Å². The molecule has 0 aliphatic carbocycles. The van der Waals surface area contributed by atoms with E-state index in [2.05, 4.69) is 22.1 Å². The van der Waals surface area contributed by atoms with Gasteiger partial charge >= 0.3 is 0 Å². The predicted octanol–water partition coefficient (Wildman–Crippen LogP) is 4.77. The van der Waals surface area contributed by atoms with E-state index in [1.165, 1.54) is 24.3 Å². The molecule has 1 saturated heterocycles. The second-order valence-corrected chi connectivity index (χ2v) is 7.43. The number of aromatic nitrogens is 2. The summed E-state index contributed by atoms with van der Waals surface area (Å²) in [5.41, 5.74) is 1.66. The van der Waals surface area contributed by atoms with Gasteiger partial charge in [0.05, 0.1) is 0 Å². The molecule has 0 bridgehead atoms. The van der Waals surface area contributed by atoms with Gasteiger partial charge in [-0.25, -0.2) is 14.4 Å². The molecule has 0 unspecified atom stereocenters. The smallest absolute Gasteiger partial charge is 0.274 e. The van der Waals surface area contributed by atoms with Crippen LogP contribution >= 0.6 is 0 Å². The zero-order valence-corrected chi connectivity index (χ0v) is 16.3. The number of benzene rings is 2. The van der Waals surface area contributed by atoms with Crippen molar-refractivity contribution in [2.45, 2.75) is 19.8 Å². The lowest BCUT2D eigenvalue weighted by Gasteiger charge is -2.31. The van der Waals surface area contributed by atoms with E-state index in [1.807, 2.05) is 30.3 Å². The lowest BCUT2D eigenvalue weighted by Crippen LogP contribution is -2.33. The maximum absolute atomic E-state index is 13.1. The summed E-state index contributed by atoms with van der Waals surface area (Å²) in [5.74, 6) is 1.28. The molecule has 1 fully saturated rings. The van der Waals surface area contributed by atoms with Gasteiger partial charge in [-0.15, -0.1) is 0 Å². The fourth-order valence-corrected chi connectivity index (χ4v) is 3.40. The van der Waals surface area contributed by atoms with Gasteiger partial charge in [0.15, 0.2) is 5.82 Å². The molecule has 1 aliphatic rings. The molecule has 0 atom stereocenters. The number of nitrogens with zero attached hydrogens (tertiary/aromatic N) is 3. The molecule has 1 aromatic heterocycles. The van der Waals surface area contributed by atoms with Gasteiger partial charge in [0.2, 0.25) is 0 Å². The first kappa shape index (κ1) is 19.1. The van der Waals surface area contributed by atoms with Crippen molar-refractivity contribution in [1.29, 1.82) is 0 Å². The summed E-state index contributed by atoms with van der Waals surface area (Å²) >= 11 is 0. The third-order valence-electron chi connectivity index (χ3n) is 5.19. The first-order valence-electron chi connectivity index (χ1n) is 9.85.